The van der Waals surface area contributed by atoms with Crippen LogP contribution in [0.3, 0.4) is 0 Å². The number of amides is 3. The molecule has 0 aliphatic heterocycles. The number of benzene rings is 4. The number of carbonyl (C=O) groups excluding carboxylic acids is 3. The fraction of sp³-hybridized carbons (Fsp3) is 0.0333. The third-order valence-electron chi connectivity index (χ3n) is 5.43. The van der Waals surface area contributed by atoms with Crippen molar-refractivity contribution in [1.82, 2.24) is 5.32 Å². The summed E-state index contributed by atoms with van der Waals surface area (Å²) >= 11 is 13.9. The molecule has 4 aromatic carbocycles. The minimum Gasteiger partial charge on any atom is -0.325 e. The highest BCUT2D eigenvalue weighted by atomic mass is 35.5. The minimum atomic E-state index is -0.584. The van der Waals surface area contributed by atoms with Crippen LogP contribution in [0.2, 0.25) is 10.0 Å². The first-order valence-electron chi connectivity index (χ1n) is 11.9. The van der Waals surface area contributed by atoms with Gasteiger partial charge in [-0.1, -0.05) is 47.5 Å². The number of anilines is 2. The van der Waals surface area contributed by atoms with E-state index < -0.39 is 11.8 Å². The number of rotatable bonds is 9. The number of nitrogens with one attached hydrogen (secondary N) is 3. The Balaban J connectivity index is 1.43. The Morgan fingerprint density at radius 2 is 1.35 bits per heavy atom. The summed E-state index contributed by atoms with van der Waals surface area (Å²) in [6.07, 6.45) is 1.42. The van der Waals surface area contributed by atoms with Gasteiger partial charge in [-0.05, 0) is 78.9 Å². The van der Waals surface area contributed by atoms with Gasteiger partial charge in [0.05, 0.1) is 5.75 Å². The van der Waals surface area contributed by atoms with Crippen molar-refractivity contribution >= 4 is 70.1 Å². The molecule has 0 radical (unpaired) electrons. The average Bonchev–Trinajstić information content (AvgIpc) is 2.95. The summed E-state index contributed by atoms with van der Waals surface area (Å²) < 4.78 is 13.0. The van der Waals surface area contributed by atoms with Crippen molar-refractivity contribution in [1.29, 1.82) is 0 Å². The van der Waals surface area contributed by atoms with Crippen molar-refractivity contribution in [2.45, 2.75) is 4.90 Å². The minimum absolute atomic E-state index is 0.0558. The number of thioether (sulfide) groups is 1. The van der Waals surface area contributed by atoms with Gasteiger partial charge in [-0.2, -0.15) is 0 Å². The zero-order valence-corrected chi connectivity index (χ0v) is 23.1. The van der Waals surface area contributed by atoms with Crippen LogP contribution in [0.15, 0.2) is 108 Å². The lowest BCUT2D eigenvalue weighted by molar-refractivity contribution is -0.114. The summed E-state index contributed by atoms with van der Waals surface area (Å²) in [6, 6.07) is 25.8. The van der Waals surface area contributed by atoms with Gasteiger partial charge in [-0.15, -0.1) is 11.8 Å². The maximum Gasteiger partial charge on any atom is 0.272 e. The Hall–Kier alpha value is -4.11. The lowest BCUT2D eigenvalue weighted by Gasteiger charge is -2.13. The molecule has 0 saturated heterocycles. The van der Waals surface area contributed by atoms with Gasteiger partial charge < -0.3 is 16.0 Å². The van der Waals surface area contributed by atoms with Gasteiger partial charge in [0.15, 0.2) is 0 Å². The molecule has 4 aromatic rings. The van der Waals surface area contributed by atoms with Gasteiger partial charge >= 0.3 is 0 Å². The summed E-state index contributed by atoms with van der Waals surface area (Å²) in [4.78, 5) is 39.1. The zero-order valence-electron chi connectivity index (χ0n) is 20.8. The standard InChI is InChI=1S/C30H22Cl2FN3O3S/c31-25-7-4-8-26(32)24(25)17-27(36-29(38)19-5-2-1-3-6-19)30(39)35-22-13-15-23(16-14-22)40-18-28(37)34-21-11-9-20(33)10-12-21/h1-17H,18H2,(H,34,37)(H,35,39)(H,36,38)/b27-17-. The van der Waals surface area contributed by atoms with Crippen LogP contribution in [0.4, 0.5) is 15.8 Å². The Bertz CT molecular complexity index is 1530. The summed E-state index contributed by atoms with van der Waals surface area (Å²) in [7, 11) is 0. The van der Waals surface area contributed by atoms with Gasteiger partial charge in [-0.3, -0.25) is 14.4 Å². The molecule has 40 heavy (non-hydrogen) atoms. The monoisotopic (exact) mass is 593 g/mol. The second-order valence-electron chi connectivity index (χ2n) is 8.34. The number of hydrogen-bond donors (Lipinski definition) is 3. The zero-order chi connectivity index (χ0) is 28.5. The van der Waals surface area contributed by atoms with E-state index in [1.165, 1.54) is 42.1 Å². The van der Waals surface area contributed by atoms with E-state index >= 15 is 0 Å². The molecule has 0 heterocycles. The molecule has 0 bridgehead atoms. The van der Waals surface area contributed by atoms with Gasteiger partial charge in [0.25, 0.3) is 11.8 Å². The quantitative estimate of drug-likeness (QED) is 0.141. The molecule has 0 aliphatic rings. The lowest BCUT2D eigenvalue weighted by atomic mass is 10.1. The van der Waals surface area contributed by atoms with Crippen LogP contribution in [0, 0.1) is 5.82 Å². The molecule has 0 spiro atoms. The molecule has 0 unspecified atom stereocenters. The van der Waals surface area contributed by atoms with E-state index in [-0.39, 0.29) is 23.2 Å². The van der Waals surface area contributed by atoms with E-state index in [2.05, 4.69) is 16.0 Å². The number of halogens is 3. The predicted molar refractivity (Wildman–Crippen MR) is 159 cm³/mol. The fourth-order valence-corrected chi connectivity index (χ4v) is 4.65. The van der Waals surface area contributed by atoms with Crippen molar-refractivity contribution < 1.29 is 18.8 Å². The Morgan fingerprint density at radius 1 is 0.750 bits per heavy atom. The first-order valence-corrected chi connectivity index (χ1v) is 13.6. The number of carbonyl (C=O) groups is 3. The van der Waals surface area contributed by atoms with Crippen molar-refractivity contribution in [3.05, 3.63) is 130 Å². The topological polar surface area (TPSA) is 87.3 Å². The largest absolute Gasteiger partial charge is 0.325 e. The molecule has 10 heteroatoms. The first-order chi connectivity index (χ1) is 19.3. The average molecular weight is 594 g/mol. The maximum atomic E-state index is 13.2. The molecule has 0 fully saturated rings. The molecule has 3 N–H and O–H groups in total. The molecule has 4 rings (SSSR count). The molecule has 202 valence electrons. The highest BCUT2D eigenvalue weighted by Gasteiger charge is 2.17. The Labute approximate surface area is 244 Å². The smallest absolute Gasteiger partial charge is 0.272 e. The van der Waals surface area contributed by atoms with Crippen molar-refractivity contribution in [2.24, 2.45) is 0 Å². The highest BCUT2D eigenvalue weighted by molar-refractivity contribution is 8.00. The molecular formula is C30H22Cl2FN3O3S. The lowest BCUT2D eigenvalue weighted by Crippen LogP contribution is -2.30. The summed E-state index contributed by atoms with van der Waals surface area (Å²) in [5.41, 5.74) is 1.67. The van der Waals surface area contributed by atoms with Gasteiger partial charge in [0.1, 0.15) is 11.5 Å². The molecule has 0 atom stereocenters. The second kappa shape index (κ2) is 13.8. The van der Waals surface area contributed by atoms with Crippen LogP contribution in [-0.2, 0) is 9.59 Å². The summed E-state index contributed by atoms with van der Waals surface area (Å²) in [5.74, 6) is -1.54. The van der Waals surface area contributed by atoms with E-state index in [9.17, 15) is 18.8 Å². The third kappa shape index (κ3) is 8.19. The molecule has 0 aliphatic carbocycles. The van der Waals surface area contributed by atoms with Crippen LogP contribution < -0.4 is 16.0 Å². The number of hydrogen-bond acceptors (Lipinski definition) is 4. The Kier molecular flexibility index (Phi) is 9.96. The normalized spacial score (nSPS) is 11.0. The summed E-state index contributed by atoms with van der Waals surface area (Å²) in [6.45, 7) is 0. The van der Waals surface area contributed by atoms with E-state index in [1.807, 2.05) is 0 Å². The maximum absolute atomic E-state index is 13.2. The van der Waals surface area contributed by atoms with Crippen molar-refractivity contribution in [2.75, 3.05) is 16.4 Å². The van der Waals surface area contributed by atoms with Crippen molar-refractivity contribution in [3.8, 4) is 0 Å². The van der Waals surface area contributed by atoms with Gasteiger partial charge in [0, 0.05) is 37.4 Å². The predicted octanol–water partition coefficient (Wildman–Crippen LogP) is 7.27. The van der Waals surface area contributed by atoms with E-state index in [4.69, 9.17) is 23.2 Å². The highest BCUT2D eigenvalue weighted by Crippen LogP contribution is 2.27. The molecule has 3 amide bonds. The molecule has 0 saturated carbocycles. The van der Waals surface area contributed by atoms with E-state index in [1.54, 1.807) is 72.8 Å². The van der Waals surface area contributed by atoms with Crippen LogP contribution in [0.5, 0.6) is 0 Å². The molecule has 0 aromatic heterocycles. The third-order valence-corrected chi connectivity index (χ3v) is 7.10. The van der Waals surface area contributed by atoms with Crippen LogP contribution in [-0.4, -0.2) is 23.5 Å². The van der Waals surface area contributed by atoms with Gasteiger partial charge in [-0.25, -0.2) is 4.39 Å². The Morgan fingerprint density at radius 3 is 2.00 bits per heavy atom. The molecule has 6 nitrogen and oxygen atoms in total. The SMILES string of the molecule is O=C(CSc1ccc(NC(=O)/C(=C/c2c(Cl)cccc2Cl)NC(=O)c2ccccc2)cc1)Nc1ccc(F)cc1. The fourth-order valence-electron chi connectivity index (χ4n) is 3.45. The summed E-state index contributed by atoms with van der Waals surface area (Å²) in [5, 5.41) is 8.74. The van der Waals surface area contributed by atoms with Crippen molar-refractivity contribution in [3.63, 3.8) is 0 Å². The van der Waals surface area contributed by atoms with E-state index in [0.717, 1.165) is 4.90 Å². The van der Waals surface area contributed by atoms with Gasteiger partial charge in [0.2, 0.25) is 5.91 Å². The second-order valence-corrected chi connectivity index (χ2v) is 10.2. The van der Waals surface area contributed by atoms with Crippen LogP contribution >= 0.6 is 35.0 Å². The van der Waals surface area contributed by atoms with Crippen LogP contribution in [0.25, 0.3) is 6.08 Å². The van der Waals surface area contributed by atoms with E-state index in [0.29, 0.717) is 32.5 Å². The van der Waals surface area contributed by atoms with Crippen LogP contribution in [0.1, 0.15) is 15.9 Å². The molecular weight excluding hydrogens is 572 g/mol. The first kappa shape index (κ1) is 28.9.